The highest BCUT2D eigenvalue weighted by Crippen LogP contribution is 2.31. The molecule has 2 aliphatic heterocycles. The van der Waals surface area contributed by atoms with E-state index in [9.17, 15) is 39.0 Å². The van der Waals surface area contributed by atoms with E-state index in [0.717, 1.165) is 11.3 Å². The molecule has 18 nitrogen and oxygen atoms in total. The van der Waals surface area contributed by atoms with Gasteiger partial charge in [-0.2, -0.15) is 0 Å². The van der Waals surface area contributed by atoms with E-state index in [1.165, 1.54) is 24.0 Å². The van der Waals surface area contributed by atoms with Gasteiger partial charge in [0, 0.05) is 42.6 Å². The number of carbonyl (C=O) groups excluding carboxylic acids is 4. The lowest BCUT2D eigenvalue weighted by atomic mass is 9.85. The number of nitrogens with zero attached hydrogens (tertiary/aromatic N) is 4. The first-order valence-electron chi connectivity index (χ1n) is 20.3. The molecule has 0 unspecified atom stereocenters. The van der Waals surface area contributed by atoms with Crippen molar-refractivity contribution >= 4 is 51.9 Å². The van der Waals surface area contributed by atoms with Crippen LogP contribution in [0.5, 0.6) is 11.8 Å². The van der Waals surface area contributed by atoms with Crippen molar-refractivity contribution in [3.63, 3.8) is 0 Å². The molecule has 2 aromatic heterocycles. The number of hydrogen-bond donors (Lipinski definition) is 4. The van der Waals surface area contributed by atoms with Crippen LogP contribution in [0.2, 0.25) is 0 Å². The molecule has 4 amide bonds. The Morgan fingerprint density at radius 1 is 0.667 bits per heavy atom. The van der Waals surface area contributed by atoms with Gasteiger partial charge in [-0.3, -0.25) is 9.59 Å². The molecule has 63 heavy (non-hydrogen) atoms. The van der Waals surface area contributed by atoms with Gasteiger partial charge in [-0.15, -0.1) is 0 Å². The summed E-state index contributed by atoms with van der Waals surface area (Å²) in [5, 5.41) is 24.5. The normalized spacial score (nSPS) is 19.4. The average Bonchev–Trinajstić information content (AvgIpc) is 3.88. The van der Waals surface area contributed by atoms with Gasteiger partial charge in [0.25, 0.3) is 0 Å². The van der Waals surface area contributed by atoms with Crippen molar-refractivity contribution in [1.29, 1.82) is 0 Å². The largest absolute Gasteiger partial charge is 0.480 e. The van der Waals surface area contributed by atoms with Crippen molar-refractivity contribution in [2.75, 3.05) is 40.5 Å². The molecular weight excluding hydrogens is 884 g/mol. The molecule has 0 saturated carbocycles. The minimum atomic E-state index is -1.09. The van der Waals surface area contributed by atoms with Crippen LogP contribution in [0.25, 0.3) is 11.3 Å². The number of carbonyl (C=O) groups is 6. The number of aromatic nitrogens is 2. The Labute approximate surface area is 375 Å². The van der Waals surface area contributed by atoms with Crippen molar-refractivity contribution in [3.8, 4) is 23.0 Å². The molecule has 0 aliphatic carbocycles. The number of methoxy groups -OCH3 is 2. The predicted octanol–water partition coefficient (Wildman–Crippen LogP) is 5.50. The molecule has 19 heteroatoms. The quantitative estimate of drug-likeness (QED) is 0.155. The number of pyridine rings is 2. The van der Waals surface area contributed by atoms with E-state index in [-0.39, 0.29) is 51.0 Å². The van der Waals surface area contributed by atoms with Gasteiger partial charge in [-0.05, 0) is 51.7 Å². The van der Waals surface area contributed by atoms with E-state index in [0.29, 0.717) is 16.4 Å². The van der Waals surface area contributed by atoms with Crippen molar-refractivity contribution < 1.29 is 57.9 Å². The number of nitrogens with one attached hydrogen (secondary N) is 2. The van der Waals surface area contributed by atoms with Crippen LogP contribution >= 0.6 is 15.9 Å². The van der Waals surface area contributed by atoms with Crippen LogP contribution in [-0.2, 0) is 28.7 Å². The third-order valence-electron chi connectivity index (χ3n) is 10.4. The molecule has 4 N–H and O–H groups in total. The molecule has 0 radical (unpaired) electrons. The van der Waals surface area contributed by atoms with E-state index in [4.69, 9.17) is 9.47 Å². The zero-order valence-corrected chi connectivity index (χ0v) is 38.3. The maximum atomic E-state index is 13.3. The first-order chi connectivity index (χ1) is 29.6. The fourth-order valence-corrected chi connectivity index (χ4v) is 7.49. The molecule has 2 aliphatic rings. The van der Waals surface area contributed by atoms with Gasteiger partial charge >= 0.3 is 24.1 Å². The summed E-state index contributed by atoms with van der Waals surface area (Å²) in [5.74, 6) is -2.65. The second kappa shape index (κ2) is 21.9. The number of amides is 4. The number of alkyl carbamates (subject to hydrolysis) is 2. The standard InChI is InChI=1S/C25H31N3O6.C19H26BrN3O6/c1-25(2,3)21(27-24(32)33-4)22(29)28-14-16(13-19(28)23(30)31)15-34-20-12-8-11-18(26-20)17-9-6-5-7-10-17;1-19(2,3)15(22-18(27)28-4)16(24)23-9-11(8-12(23)17(25)26)10-29-14-7-5-6-13(20)21-14/h5-12,16,19,21H,13-15H2,1-4H3,(H,27,32)(H,30,31);5-7,11-12,15H,8-10H2,1-4H3,(H,22,27)(H,25,26)/t16-,19+,21-;11-,12+,15-/m11/s1. The number of hydrogen-bond acceptors (Lipinski definition) is 12. The number of likely N-dealkylation sites (tertiary alicyclic amines) is 2. The summed E-state index contributed by atoms with van der Waals surface area (Å²) in [5.41, 5.74) is 0.447. The lowest BCUT2D eigenvalue weighted by molar-refractivity contribution is -0.150. The highest BCUT2D eigenvalue weighted by Gasteiger charge is 2.47. The SMILES string of the molecule is COC(=O)N[C@H](C(=O)N1C[C@H](COc2cccc(-c3ccccc3)n2)C[C@H]1C(=O)O)C(C)(C)C.COC(=O)N[C@H](C(=O)N1C[C@H](COc2cccc(Br)n2)C[C@H]1C(=O)O)C(C)(C)C. The Kier molecular flexibility index (Phi) is 17.3. The fourth-order valence-electron chi connectivity index (χ4n) is 7.17. The molecule has 342 valence electrons. The highest BCUT2D eigenvalue weighted by molar-refractivity contribution is 9.10. The molecule has 6 atom stereocenters. The van der Waals surface area contributed by atoms with Gasteiger partial charge < -0.3 is 49.6 Å². The molecule has 4 heterocycles. The maximum absolute atomic E-state index is 13.3. The minimum Gasteiger partial charge on any atom is -0.480 e. The zero-order chi connectivity index (χ0) is 46.6. The fraction of sp³-hybridized carbons (Fsp3) is 0.500. The highest BCUT2D eigenvalue weighted by atomic mass is 79.9. The molecule has 1 aromatic carbocycles. The van der Waals surface area contributed by atoms with Crippen molar-refractivity contribution in [1.82, 2.24) is 30.4 Å². The molecule has 2 fully saturated rings. The zero-order valence-electron chi connectivity index (χ0n) is 36.7. The summed E-state index contributed by atoms with van der Waals surface area (Å²) in [6, 6.07) is 16.6. The summed E-state index contributed by atoms with van der Waals surface area (Å²) in [4.78, 5) is 85.0. The molecular formula is C44H57BrN6O12. The van der Waals surface area contributed by atoms with Gasteiger partial charge in [0.05, 0.1) is 33.1 Å². The average molecular weight is 942 g/mol. The summed E-state index contributed by atoms with van der Waals surface area (Å²) >= 11 is 3.27. The van der Waals surface area contributed by atoms with Gasteiger partial charge in [0.1, 0.15) is 28.8 Å². The number of carboxylic acid groups (broad SMARTS) is 2. The monoisotopic (exact) mass is 940 g/mol. The van der Waals surface area contributed by atoms with Crippen LogP contribution in [-0.4, -0.2) is 131 Å². The molecule has 3 aromatic rings. The Bertz CT molecular complexity index is 2080. The van der Waals surface area contributed by atoms with Gasteiger partial charge in [-0.25, -0.2) is 29.1 Å². The summed E-state index contributed by atoms with van der Waals surface area (Å²) in [7, 11) is 2.42. The number of carboxylic acids is 2. The van der Waals surface area contributed by atoms with Gasteiger partial charge in [0.15, 0.2) is 0 Å². The van der Waals surface area contributed by atoms with Crippen LogP contribution in [0.4, 0.5) is 9.59 Å². The lowest BCUT2D eigenvalue weighted by Crippen LogP contribution is -2.56. The van der Waals surface area contributed by atoms with Crippen molar-refractivity contribution in [2.24, 2.45) is 22.7 Å². The Morgan fingerprint density at radius 2 is 1.10 bits per heavy atom. The van der Waals surface area contributed by atoms with E-state index < -0.39 is 70.9 Å². The summed E-state index contributed by atoms with van der Waals surface area (Å²) in [6.07, 6.45) is -0.993. The Hall–Kier alpha value is -5.98. The number of aliphatic carboxylic acids is 2. The number of rotatable bonds is 13. The number of benzene rings is 1. The molecule has 0 bridgehead atoms. The topological polar surface area (TPSA) is 236 Å². The Morgan fingerprint density at radius 3 is 1.49 bits per heavy atom. The summed E-state index contributed by atoms with van der Waals surface area (Å²) < 4.78 is 21.5. The van der Waals surface area contributed by atoms with E-state index in [2.05, 4.69) is 46.0 Å². The Balaban J connectivity index is 0.000000280. The van der Waals surface area contributed by atoms with Gasteiger partial charge in [0.2, 0.25) is 23.6 Å². The minimum absolute atomic E-state index is 0.181. The summed E-state index contributed by atoms with van der Waals surface area (Å²) in [6.45, 7) is 11.6. The molecule has 5 rings (SSSR count). The first kappa shape index (κ1) is 49.7. The number of ether oxygens (including phenoxy) is 4. The van der Waals surface area contributed by atoms with Crippen LogP contribution < -0.4 is 20.1 Å². The van der Waals surface area contributed by atoms with Gasteiger partial charge in [-0.1, -0.05) is 84.0 Å². The first-order valence-corrected chi connectivity index (χ1v) is 21.1. The maximum Gasteiger partial charge on any atom is 0.407 e. The second-order valence-corrected chi connectivity index (χ2v) is 18.2. The van der Waals surface area contributed by atoms with E-state index in [1.54, 1.807) is 65.8 Å². The molecule has 2 saturated heterocycles. The smallest absolute Gasteiger partial charge is 0.407 e. The van der Waals surface area contributed by atoms with Crippen molar-refractivity contribution in [2.45, 2.75) is 78.6 Å². The second-order valence-electron chi connectivity index (χ2n) is 17.4. The molecule has 0 spiro atoms. The lowest BCUT2D eigenvalue weighted by Gasteiger charge is -2.34. The van der Waals surface area contributed by atoms with E-state index in [1.807, 2.05) is 42.5 Å². The van der Waals surface area contributed by atoms with Crippen LogP contribution in [0, 0.1) is 22.7 Å². The van der Waals surface area contributed by atoms with Crippen molar-refractivity contribution in [3.05, 3.63) is 71.3 Å². The van der Waals surface area contributed by atoms with Crippen LogP contribution in [0.1, 0.15) is 54.4 Å². The van der Waals surface area contributed by atoms with E-state index >= 15 is 0 Å². The third kappa shape index (κ3) is 14.0. The third-order valence-corrected chi connectivity index (χ3v) is 10.9. The van der Waals surface area contributed by atoms with Crippen LogP contribution in [0.3, 0.4) is 0 Å². The predicted molar refractivity (Wildman–Crippen MR) is 233 cm³/mol. The number of halogens is 1. The van der Waals surface area contributed by atoms with Crippen LogP contribution in [0.15, 0.2) is 71.3 Å².